The van der Waals surface area contributed by atoms with Crippen LogP contribution in [0, 0.1) is 0 Å². The highest BCUT2D eigenvalue weighted by Gasteiger charge is 2.27. The molecule has 3 aromatic heterocycles. The number of aromatic nitrogens is 5. The van der Waals surface area contributed by atoms with E-state index in [1.165, 1.54) is 10.9 Å². The van der Waals surface area contributed by atoms with Crippen LogP contribution in [0.3, 0.4) is 0 Å². The van der Waals surface area contributed by atoms with Crippen molar-refractivity contribution in [2.24, 2.45) is 0 Å². The second kappa shape index (κ2) is 6.20. The van der Waals surface area contributed by atoms with Gasteiger partial charge in [-0.2, -0.15) is 4.98 Å². The van der Waals surface area contributed by atoms with E-state index in [1.54, 1.807) is 18.5 Å². The SMILES string of the molecule is O=c1c2ccncc2ncn1Cc1noc(C2COc3ccccc3O2)n1. The maximum absolute atomic E-state index is 12.5. The average molecular weight is 363 g/mol. The van der Waals surface area contributed by atoms with Crippen LogP contribution in [-0.2, 0) is 6.54 Å². The zero-order valence-corrected chi connectivity index (χ0v) is 14.0. The molecule has 1 aliphatic rings. The quantitative estimate of drug-likeness (QED) is 0.542. The number of fused-ring (bicyclic) bond motifs is 2. The Morgan fingerprint density at radius 2 is 2.07 bits per heavy atom. The normalized spacial score (nSPS) is 15.8. The minimum absolute atomic E-state index is 0.137. The average Bonchev–Trinajstić information content (AvgIpc) is 3.18. The first kappa shape index (κ1) is 15.5. The number of benzene rings is 1. The van der Waals surface area contributed by atoms with Crippen molar-refractivity contribution in [3.05, 3.63) is 71.1 Å². The van der Waals surface area contributed by atoms with Crippen LogP contribution in [0.4, 0.5) is 0 Å². The Bertz CT molecular complexity index is 1190. The van der Waals surface area contributed by atoms with Gasteiger partial charge in [0.05, 0.1) is 30.0 Å². The zero-order valence-electron chi connectivity index (χ0n) is 14.0. The fourth-order valence-electron chi connectivity index (χ4n) is 2.88. The molecule has 0 bridgehead atoms. The highest BCUT2D eigenvalue weighted by Crippen LogP contribution is 2.35. The molecule has 4 aromatic rings. The van der Waals surface area contributed by atoms with E-state index in [1.807, 2.05) is 24.3 Å². The summed E-state index contributed by atoms with van der Waals surface area (Å²) < 4.78 is 18.2. The Morgan fingerprint density at radius 3 is 3.00 bits per heavy atom. The Hall–Kier alpha value is -3.75. The van der Waals surface area contributed by atoms with Crippen LogP contribution in [0.15, 0.2) is 58.4 Å². The van der Waals surface area contributed by atoms with Gasteiger partial charge in [-0.25, -0.2) is 4.98 Å². The molecule has 134 valence electrons. The summed E-state index contributed by atoms with van der Waals surface area (Å²) in [5, 5.41) is 4.43. The second-order valence-electron chi connectivity index (χ2n) is 5.98. The smallest absolute Gasteiger partial charge is 0.271 e. The lowest BCUT2D eigenvalue weighted by molar-refractivity contribution is 0.0665. The Kier molecular flexibility index (Phi) is 3.56. The molecule has 4 heterocycles. The third-order valence-electron chi connectivity index (χ3n) is 4.21. The number of ether oxygens (including phenoxy) is 2. The Balaban J connectivity index is 1.39. The molecule has 1 aromatic carbocycles. The summed E-state index contributed by atoms with van der Waals surface area (Å²) in [5.74, 6) is 1.95. The van der Waals surface area contributed by atoms with E-state index in [9.17, 15) is 4.79 Å². The Morgan fingerprint density at radius 1 is 1.19 bits per heavy atom. The van der Waals surface area contributed by atoms with Crippen LogP contribution in [0.25, 0.3) is 10.9 Å². The van der Waals surface area contributed by atoms with Crippen molar-refractivity contribution in [3.63, 3.8) is 0 Å². The maximum Gasteiger partial charge on any atom is 0.271 e. The fraction of sp³-hybridized carbons (Fsp3) is 0.167. The molecular formula is C18H13N5O4. The maximum atomic E-state index is 12.5. The molecule has 27 heavy (non-hydrogen) atoms. The lowest BCUT2D eigenvalue weighted by Gasteiger charge is -2.23. The summed E-state index contributed by atoms with van der Waals surface area (Å²) in [4.78, 5) is 25.1. The number of rotatable bonds is 3. The molecule has 0 aliphatic carbocycles. The van der Waals surface area contributed by atoms with Gasteiger partial charge in [0.2, 0.25) is 6.10 Å². The zero-order chi connectivity index (χ0) is 18.2. The molecule has 0 radical (unpaired) electrons. The summed E-state index contributed by atoms with van der Waals surface area (Å²) in [7, 11) is 0. The van der Waals surface area contributed by atoms with Gasteiger partial charge in [0.15, 0.2) is 17.3 Å². The molecule has 0 saturated carbocycles. The van der Waals surface area contributed by atoms with Crippen molar-refractivity contribution in [1.29, 1.82) is 0 Å². The van der Waals surface area contributed by atoms with E-state index >= 15 is 0 Å². The number of hydrogen-bond donors (Lipinski definition) is 0. The summed E-state index contributed by atoms with van der Waals surface area (Å²) in [6.45, 7) is 0.404. The third-order valence-corrected chi connectivity index (χ3v) is 4.21. The summed E-state index contributed by atoms with van der Waals surface area (Å²) >= 11 is 0. The van der Waals surface area contributed by atoms with Crippen molar-refractivity contribution in [3.8, 4) is 11.5 Å². The number of hydrogen-bond acceptors (Lipinski definition) is 8. The van der Waals surface area contributed by atoms with E-state index < -0.39 is 6.10 Å². The van der Waals surface area contributed by atoms with Crippen LogP contribution in [-0.4, -0.2) is 31.3 Å². The van der Waals surface area contributed by atoms with Gasteiger partial charge in [0.1, 0.15) is 6.61 Å². The first-order valence-corrected chi connectivity index (χ1v) is 8.28. The molecule has 1 unspecified atom stereocenters. The standard InChI is InChI=1S/C18H13N5O4/c24-18-11-5-6-19-7-12(11)20-10-23(18)8-16-21-17(27-22-16)15-9-25-13-3-1-2-4-14(13)26-15/h1-7,10,15H,8-9H2. The van der Waals surface area contributed by atoms with Crippen LogP contribution in [0.5, 0.6) is 11.5 Å². The number of para-hydroxylation sites is 2. The van der Waals surface area contributed by atoms with Crippen molar-refractivity contribution in [2.45, 2.75) is 12.6 Å². The minimum atomic E-state index is -0.501. The first-order valence-electron chi connectivity index (χ1n) is 8.28. The second-order valence-corrected chi connectivity index (χ2v) is 5.98. The van der Waals surface area contributed by atoms with Crippen molar-refractivity contribution in [1.82, 2.24) is 24.7 Å². The van der Waals surface area contributed by atoms with Gasteiger partial charge < -0.3 is 14.0 Å². The molecule has 1 atom stereocenters. The molecule has 9 heteroatoms. The predicted octanol–water partition coefficient (Wildman–Crippen LogP) is 1.74. The molecule has 5 rings (SSSR count). The molecule has 9 nitrogen and oxygen atoms in total. The van der Waals surface area contributed by atoms with Crippen molar-refractivity contribution in [2.75, 3.05) is 6.61 Å². The molecule has 1 aliphatic heterocycles. The number of pyridine rings is 1. The lowest BCUT2D eigenvalue weighted by atomic mass is 10.2. The first-order chi connectivity index (χ1) is 13.3. The van der Waals surface area contributed by atoms with Crippen LogP contribution in [0.1, 0.15) is 17.8 Å². The van der Waals surface area contributed by atoms with Gasteiger partial charge in [-0.1, -0.05) is 17.3 Å². The minimum Gasteiger partial charge on any atom is -0.485 e. The third kappa shape index (κ3) is 2.78. The summed E-state index contributed by atoms with van der Waals surface area (Å²) in [6, 6.07) is 9.01. The predicted molar refractivity (Wildman–Crippen MR) is 92.5 cm³/mol. The largest absolute Gasteiger partial charge is 0.485 e. The van der Waals surface area contributed by atoms with E-state index in [-0.39, 0.29) is 18.7 Å². The number of nitrogens with zero attached hydrogens (tertiary/aromatic N) is 5. The molecule has 0 N–H and O–H groups in total. The lowest BCUT2D eigenvalue weighted by Crippen LogP contribution is -2.23. The van der Waals surface area contributed by atoms with Gasteiger partial charge in [-0.15, -0.1) is 0 Å². The van der Waals surface area contributed by atoms with Crippen LogP contribution in [0.2, 0.25) is 0 Å². The van der Waals surface area contributed by atoms with Crippen LogP contribution < -0.4 is 15.0 Å². The molecule has 0 spiro atoms. The monoisotopic (exact) mass is 363 g/mol. The fourth-order valence-corrected chi connectivity index (χ4v) is 2.88. The van der Waals surface area contributed by atoms with E-state index in [0.717, 1.165) is 0 Å². The highest BCUT2D eigenvalue weighted by atomic mass is 16.6. The van der Waals surface area contributed by atoms with E-state index in [4.69, 9.17) is 14.0 Å². The van der Waals surface area contributed by atoms with Crippen LogP contribution >= 0.6 is 0 Å². The van der Waals surface area contributed by atoms with Gasteiger partial charge in [-0.05, 0) is 18.2 Å². The van der Waals surface area contributed by atoms with Crippen molar-refractivity contribution >= 4 is 10.9 Å². The van der Waals surface area contributed by atoms with Gasteiger partial charge >= 0.3 is 0 Å². The molecule has 0 fully saturated rings. The molecule has 0 saturated heterocycles. The van der Waals surface area contributed by atoms with E-state index in [0.29, 0.717) is 34.1 Å². The Labute approximate surface area is 152 Å². The molecule has 0 amide bonds. The summed E-state index contributed by atoms with van der Waals surface area (Å²) in [5.41, 5.74) is 0.346. The highest BCUT2D eigenvalue weighted by molar-refractivity contribution is 5.75. The van der Waals surface area contributed by atoms with Gasteiger partial charge in [-0.3, -0.25) is 14.3 Å². The van der Waals surface area contributed by atoms with Gasteiger partial charge in [0.25, 0.3) is 11.4 Å². The topological polar surface area (TPSA) is 105 Å². The summed E-state index contributed by atoms with van der Waals surface area (Å²) in [6.07, 6.45) is 4.05. The molecular weight excluding hydrogens is 350 g/mol. The van der Waals surface area contributed by atoms with Crippen molar-refractivity contribution < 1.29 is 14.0 Å². The van der Waals surface area contributed by atoms with E-state index in [2.05, 4.69) is 20.1 Å². The van der Waals surface area contributed by atoms with Gasteiger partial charge in [0, 0.05) is 6.20 Å².